The van der Waals surface area contributed by atoms with E-state index < -0.39 is 0 Å². The first-order chi connectivity index (χ1) is 30.9. The molecule has 0 atom stereocenters. The molecule has 13 rings (SSSR count). The van der Waals surface area contributed by atoms with Crippen molar-refractivity contribution in [1.82, 2.24) is 13.7 Å². The fraction of sp³-hybridized carbons (Fsp3) is 0. The zero-order chi connectivity index (χ0) is 42.2. The van der Waals surface area contributed by atoms with Gasteiger partial charge in [-0.05, 0) is 96.1 Å². The molecule has 13 aromatic rings. The molecular weight excluding hydrogens is 761 g/mol. The third-order valence-electron chi connectivity index (χ3n) is 14.4. The van der Waals surface area contributed by atoms with Gasteiger partial charge >= 0.3 is 0 Å². The predicted molar refractivity (Wildman–Crippen MR) is 283 cm³/mol. The molecule has 0 fully saturated rings. The molecule has 0 bridgehead atoms. The Morgan fingerprint density at radius 3 is 1.30 bits per heavy atom. The highest BCUT2D eigenvalue weighted by Crippen LogP contribution is 2.42. The van der Waals surface area contributed by atoms with E-state index in [1.807, 2.05) is 0 Å². The van der Waals surface area contributed by atoms with E-state index in [-0.39, 0.29) is 0 Å². The van der Waals surface area contributed by atoms with Crippen molar-refractivity contribution in [3.63, 3.8) is 0 Å². The SMILES string of the molecule is Bc1c(B)c(B)c(-c2ccc3oc4cccc(-n5c6ccccc6c6cc(-n7c8ccccc8c8cc(-n9c%10ccccc%10c%10ccccc%109)ccc87)ccc65)c4c3c2)c(B)c1B. The first-order valence-electron chi connectivity index (χ1n) is 21.9. The molecule has 4 nitrogen and oxygen atoms in total. The van der Waals surface area contributed by atoms with E-state index in [4.69, 9.17) is 4.42 Å². The van der Waals surface area contributed by atoms with Crippen molar-refractivity contribution < 1.29 is 4.42 Å². The number of benzene rings is 9. The molecule has 0 unspecified atom stereocenters. The van der Waals surface area contributed by atoms with Gasteiger partial charge in [0.25, 0.3) is 0 Å². The van der Waals surface area contributed by atoms with Crippen LogP contribution in [0.15, 0.2) is 174 Å². The van der Waals surface area contributed by atoms with Crippen LogP contribution in [0, 0.1) is 0 Å². The van der Waals surface area contributed by atoms with Crippen LogP contribution in [0.4, 0.5) is 0 Å². The third kappa shape index (κ3) is 4.99. The van der Waals surface area contributed by atoms with Crippen molar-refractivity contribution in [2.45, 2.75) is 0 Å². The molecule has 0 radical (unpaired) electrons. The lowest BCUT2D eigenvalue weighted by molar-refractivity contribution is 0.669. The van der Waals surface area contributed by atoms with Crippen LogP contribution in [0.5, 0.6) is 0 Å². The maximum absolute atomic E-state index is 6.64. The largest absolute Gasteiger partial charge is 0.456 e. The van der Waals surface area contributed by atoms with Gasteiger partial charge in [-0.15, -0.1) is 16.4 Å². The molecular formula is C54H38B5N3O. The Kier molecular flexibility index (Phi) is 7.61. The molecule has 4 heterocycles. The number of para-hydroxylation sites is 4. The van der Waals surface area contributed by atoms with Gasteiger partial charge in [-0.25, -0.2) is 0 Å². The average molecular weight is 799 g/mol. The molecule has 0 N–H and O–H groups in total. The van der Waals surface area contributed by atoms with Crippen LogP contribution in [0.3, 0.4) is 0 Å². The molecule has 0 saturated heterocycles. The molecule has 0 aliphatic heterocycles. The maximum Gasteiger partial charge on any atom is 0.139 e. The molecule has 0 aliphatic carbocycles. The first-order valence-corrected chi connectivity index (χ1v) is 21.9. The van der Waals surface area contributed by atoms with E-state index in [0.29, 0.717) is 0 Å². The van der Waals surface area contributed by atoms with Gasteiger partial charge < -0.3 is 18.1 Å². The summed E-state index contributed by atoms with van der Waals surface area (Å²) in [7, 11) is 11.3. The Labute approximate surface area is 368 Å². The number of hydrogen-bond donors (Lipinski definition) is 0. The van der Waals surface area contributed by atoms with E-state index in [1.54, 1.807) is 0 Å². The predicted octanol–water partition coefficient (Wildman–Crippen LogP) is 5.84. The monoisotopic (exact) mass is 799 g/mol. The van der Waals surface area contributed by atoms with E-state index in [0.717, 1.165) is 50.0 Å². The fourth-order valence-corrected chi connectivity index (χ4v) is 11.0. The van der Waals surface area contributed by atoms with Crippen molar-refractivity contribution in [2.75, 3.05) is 0 Å². The van der Waals surface area contributed by atoms with Crippen molar-refractivity contribution in [2.24, 2.45) is 0 Å². The summed E-state index contributed by atoms with van der Waals surface area (Å²) in [5.41, 5.74) is 21.6. The molecule has 0 saturated carbocycles. The van der Waals surface area contributed by atoms with Crippen molar-refractivity contribution in [3.8, 4) is 28.2 Å². The molecule has 63 heavy (non-hydrogen) atoms. The number of aromatic nitrogens is 3. The van der Waals surface area contributed by atoms with Crippen LogP contribution >= 0.6 is 0 Å². The highest BCUT2D eigenvalue weighted by Gasteiger charge is 2.22. The van der Waals surface area contributed by atoms with E-state index >= 15 is 0 Å². The van der Waals surface area contributed by atoms with Crippen LogP contribution in [0.25, 0.3) is 116 Å². The van der Waals surface area contributed by atoms with Gasteiger partial charge in [0.05, 0.1) is 44.2 Å². The highest BCUT2D eigenvalue weighted by atomic mass is 16.3. The third-order valence-corrected chi connectivity index (χ3v) is 14.4. The Bertz CT molecular complexity index is 4030. The highest BCUT2D eigenvalue weighted by molar-refractivity contribution is 6.68. The minimum absolute atomic E-state index is 0.887. The lowest BCUT2D eigenvalue weighted by atomic mass is 9.59. The summed E-state index contributed by atoms with van der Waals surface area (Å²) >= 11 is 0. The Hall–Kier alpha value is -7.50. The number of nitrogens with zero attached hydrogens (tertiary/aromatic N) is 3. The zero-order valence-corrected chi connectivity index (χ0v) is 35.9. The quantitative estimate of drug-likeness (QED) is 0.206. The summed E-state index contributed by atoms with van der Waals surface area (Å²) in [4.78, 5) is 0. The molecule has 0 amide bonds. The van der Waals surface area contributed by atoms with Crippen LogP contribution in [-0.2, 0) is 0 Å². The number of fused-ring (bicyclic) bond motifs is 12. The summed E-state index contributed by atoms with van der Waals surface area (Å²) in [6.07, 6.45) is 0. The van der Waals surface area contributed by atoms with E-state index in [1.165, 1.54) is 92.8 Å². The van der Waals surface area contributed by atoms with Gasteiger partial charge in [0.2, 0.25) is 0 Å². The molecule has 9 aromatic carbocycles. The Morgan fingerprint density at radius 2 is 0.762 bits per heavy atom. The summed E-state index contributed by atoms with van der Waals surface area (Å²) in [5.74, 6) is 0. The van der Waals surface area contributed by atoms with Crippen LogP contribution < -0.4 is 27.3 Å². The van der Waals surface area contributed by atoms with Gasteiger partial charge in [0.15, 0.2) is 0 Å². The van der Waals surface area contributed by atoms with E-state index in [9.17, 15) is 0 Å². The van der Waals surface area contributed by atoms with Gasteiger partial charge in [-0.2, -0.15) is 0 Å². The smallest absolute Gasteiger partial charge is 0.139 e. The summed E-state index contributed by atoms with van der Waals surface area (Å²) in [6.45, 7) is 0. The summed E-state index contributed by atoms with van der Waals surface area (Å²) in [6, 6.07) is 62.3. The summed E-state index contributed by atoms with van der Waals surface area (Å²) in [5, 5.41) is 9.66. The molecule has 0 aliphatic rings. The number of furan rings is 1. The second-order valence-corrected chi connectivity index (χ2v) is 17.4. The molecule has 0 spiro atoms. The Morgan fingerprint density at radius 1 is 0.317 bits per heavy atom. The maximum atomic E-state index is 6.64. The topological polar surface area (TPSA) is 27.9 Å². The minimum atomic E-state index is 0.887. The second kappa shape index (κ2) is 13.3. The number of hydrogen-bond acceptors (Lipinski definition) is 1. The fourth-order valence-electron chi connectivity index (χ4n) is 11.0. The zero-order valence-electron chi connectivity index (χ0n) is 35.9. The van der Waals surface area contributed by atoms with Crippen LogP contribution in [-0.4, -0.2) is 52.9 Å². The lowest BCUT2D eigenvalue weighted by Gasteiger charge is -2.20. The van der Waals surface area contributed by atoms with Crippen molar-refractivity contribution >= 4 is 154 Å². The lowest BCUT2D eigenvalue weighted by Crippen LogP contribution is -2.55. The van der Waals surface area contributed by atoms with Crippen LogP contribution in [0.2, 0.25) is 0 Å². The van der Waals surface area contributed by atoms with Crippen molar-refractivity contribution in [1.29, 1.82) is 0 Å². The molecule has 4 aromatic heterocycles. The molecule has 290 valence electrons. The summed E-state index contributed by atoms with van der Waals surface area (Å²) < 4.78 is 13.9. The number of rotatable bonds is 4. The standard InChI is InChI=1S/C54H38B5N3O/c55-50-48(51(56)53(58)54(59)52(50)57)29-20-25-46-38(26-29)49-45(18-9-19-47(49)63-46)62-42-17-8-4-13-35(42)37-28-31(22-24-44(37)62)61-41-16-7-3-12-34(41)36-27-30(21-23-43(36)61)60-39-14-5-1-10-32(39)33-11-2-6-15-40(33)60/h1-28H,55-59H2. The average Bonchev–Trinajstić information content (AvgIpc) is 4.06. The van der Waals surface area contributed by atoms with Gasteiger partial charge in [-0.1, -0.05) is 95.9 Å². The Balaban J connectivity index is 1.02. The second-order valence-electron chi connectivity index (χ2n) is 17.4. The van der Waals surface area contributed by atoms with E-state index in [2.05, 4.69) is 223 Å². The van der Waals surface area contributed by atoms with Gasteiger partial charge in [-0.3, -0.25) is 0 Å². The van der Waals surface area contributed by atoms with Gasteiger partial charge in [0, 0.05) is 49.1 Å². The van der Waals surface area contributed by atoms with Crippen molar-refractivity contribution in [3.05, 3.63) is 170 Å². The minimum Gasteiger partial charge on any atom is -0.456 e. The first kappa shape index (κ1) is 36.2. The van der Waals surface area contributed by atoms with Gasteiger partial charge in [0.1, 0.15) is 50.4 Å². The van der Waals surface area contributed by atoms with Crippen LogP contribution in [0.1, 0.15) is 0 Å². The molecule has 9 heteroatoms. The normalized spacial score (nSPS) is 12.1.